The molecule has 0 aromatic heterocycles. The van der Waals surface area contributed by atoms with E-state index in [4.69, 9.17) is 9.47 Å². The summed E-state index contributed by atoms with van der Waals surface area (Å²) in [6.07, 6.45) is 2.09. The van der Waals surface area contributed by atoms with E-state index in [1.807, 2.05) is 60.7 Å². The molecule has 4 rings (SSSR count). The molecule has 2 heterocycles. The second-order valence-electron chi connectivity index (χ2n) is 7.18. The smallest absolute Gasteiger partial charge is 0.410 e. The van der Waals surface area contributed by atoms with Crippen LogP contribution in [0.15, 0.2) is 60.7 Å². The van der Waals surface area contributed by atoms with Crippen molar-refractivity contribution in [1.82, 2.24) is 4.90 Å². The summed E-state index contributed by atoms with van der Waals surface area (Å²) in [6.45, 7) is 0.519. The van der Waals surface area contributed by atoms with Gasteiger partial charge >= 0.3 is 12.1 Å². The highest BCUT2D eigenvalue weighted by Crippen LogP contribution is 2.42. The number of amides is 1. The van der Waals surface area contributed by atoms with Crippen molar-refractivity contribution in [3.05, 3.63) is 71.8 Å². The summed E-state index contributed by atoms with van der Waals surface area (Å²) in [6, 6.07) is 19.2. The van der Waals surface area contributed by atoms with E-state index in [0.717, 1.165) is 24.0 Å². The number of nitrogens with zero attached hydrogens (tertiary/aromatic N) is 1. The zero-order chi connectivity index (χ0) is 18.6. The minimum atomic E-state index is -0.329. The molecule has 5 nitrogen and oxygen atoms in total. The minimum absolute atomic E-state index is 0.0764. The Morgan fingerprint density at radius 2 is 1.44 bits per heavy atom. The lowest BCUT2D eigenvalue weighted by molar-refractivity contribution is -0.150. The predicted molar refractivity (Wildman–Crippen MR) is 99.6 cm³/mol. The largest absolute Gasteiger partial charge is 0.461 e. The molecule has 0 radical (unpaired) electrons. The van der Waals surface area contributed by atoms with Crippen molar-refractivity contribution in [3.63, 3.8) is 0 Å². The number of esters is 1. The molecule has 5 heteroatoms. The Kier molecular flexibility index (Phi) is 5.10. The van der Waals surface area contributed by atoms with Crippen LogP contribution in [0.5, 0.6) is 0 Å². The maximum absolute atomic E-state index is 12.6. The van der Waals surface area contributed by atoms with Crippen molar-refractivity contribution in [2.75, 3.05) is 0 Å². The maximum Gasteiger partial charge on any atom is 0.410 e. The lowest BCUT2D eigenvalue weighted by Gasteiger charge is -2.23. The molecule has 1 amide bonds. The predicted octanol–water partition coefficient (Wildman–Crippen LogP) is 3.92. The normalized spacial score (nSPS) is 23.3. The van der Waals surface area contributed by atoms with Crippen molar-refractivity contribution in [2.45, 2.75) is 44.6 Å². The van der Waals surface area contributed by atoms with Crippen LogP contribution in [0, 0.1) is 5.92 Å². The van der Waals surface area contributed by atoms with Gasteiger partial charge in [0.2, 0.25) is 0 Å². The second kappa shape index (κ2) is 7.82. The molecule has 3 unspecified atom stereocenters. The van der Waals surface area contributed by atoms with E-state index >= 15 is 0 Å². The summed E-state index contributed by atoms with van der Waals surface area (Å²) in [4.78, 5) is 26.9. The van der Waals surface area contributed by atoms with Gasteiger partial charge in [-0.3, -0.25) is 4.79 Å². The first-order valence-electron chi connectivity index (χ1n) is 9.42. The van der Waals surface area contributed by atoms with Crippen molar-refractivity contribution in [1.29, 1.82) is 0 Å². The Labute approximate surface area is 158 Å². The summed E-state index contributed by atoms with van der Waals surface area (Å²) in [5.74, 6) is -0.469. The third-order valence-electron chi connectivity index (χ3n) is 5.48. The van der Waals surface area contributed by atoms with Gasteiger partial charge in [0.05, 0.1) is 5.92 Å². The maximum atomic E-state index is 12.6. The van der Waals surface area contributed by atoms with Crippen LogP contribution in [-0.4, -0.2) is 29.0 Å². The molecule has 2 aliphatic rings. The van der Waals surface area contributed by atoms with Crippen LogP contribution in [0.3, 0.4) is 0 Å². The van der Waals surface area contributed by atoms with Gasteiger partial charge in [-0.2, -0.15) is 0 Å². The third-order valence-corrected chi connectivity index (χ3v) is 5.48. The molecule has 2 fully saturated rings. The highest BCUT2D eigenvalue weighted by atomic mass is 16.6. The molecule has 0 aliphatic carbocycles. The van der Waals surface area contributed by atoms with E-state index in [9.17, 15) is 9.59 Å². The van der Waals surface area contributed by atoms with Crippen LogP contribution in [0.2, 0.25) is 0 Å². The molecule has 2 bridgehead atoms. The van der Waals surface area contributed by atoms with Gasteiger partial charge in [-0.25, -0.2) is 4.79 Å². The van der Waals surface area contributed by atoms with Gasteiger partial charge in [0.1, 0.15) is 13.2 Å². The summed E-state index contributed by atoms with van der Waals surface area (Å²) in [5, 5.41) is 0. The highest BCUT2D eigenvalue weighted by molar-refractivity contribution is 5.77. The van der Waals surface area contributed by atoms with E-state index in [2.05, 4.69) is 0 Å². The fourth-order valence-corrected chi connectivity index (χ4v) is 4.16. The monoisotopic (exact) mass is 365 g/mol. The van der Waals surface area contributed by atoms with E-state index in [1.54, 1.807) is 4.90 Å². The Hall–Kier alpha value is -2.82. The van der Waals surface area contributed by atoms with Gasteiger partial charge in [-0.05, 0) is 30.4 Å². The Morgan fingerprint density at radius 3 is 2.07 bits per heavy atom. The lowest BCUT2D eigenvalue weighted by atomic mass is 9.89. The van der Waals surface area contributed by atoms with Crippen molar-refractivity contribution in [2.24, 2.45) is 5.92 Å². The van der Waals surface area contributed by atoms with Crippen molar-refractivity contribution >= 4 is 12.1 Å². The van der Waals surface area contributed by atoms with Crippen LogP contribution >= 0.6 is 0 Å². The Balaban J connectivity index is 1.33. The highest BCUT2D eigenvalue weighted by Gasteiger charge is 2.52. The molecular formula is C22H23NO4. The lowest BCUT2D eigenvalue weighted by Crippen LogP contribution is -2.38. The molecule has 0 saturated carbocycles. The first-order valence-corrected chi connectivity index (χ1v) is 9.42. The van der Waals surface area contributed by atoms with E-state index < -0.39 is 0 Å². The molecular weight excluding hydrogens is 342 g/mol. The molecule has 2 saturated heterocycles. The van der Waals surface area contributed by atoms with Crippen LogP contribution in [0.1, 0.15) is 30.4 Å². The van der Waals surface area contributed by atoms with E-state index in [-0.39, 0.29) is 43.3 Å². The number of hydrogen-bond donors (Lipinski definition) is 0. The van der Waals surface area contributed by atoms with Crippen molar-refractivity contribution in [3.8, 4) is 0 Å². The summed E-state index contributed by atoms with van der Waals surface area (Å²) in [7, 11) is 0. The molecule has 0 spiro atoms. The topological polar surface area (TPSA) is 55.8 Å². The molecule has 140 valence electrons. The second-order valence-corrected chi connectivity index (χ2v) is 7.18. The minimum Gasteiger partial charge on any atom is -0.461 e. The van der Waals surface area contributed by atoms with Gasteiger partial charge in [0.15, 0.2) is 0 Å². The fraction of sp³-hybridized carbons (Fsp3) is 0.364. The van der Waals surface area contributed by atoms with Crippen LogP contribution in [0.4, 0.5) is 4.79 Å². The number of ether oxygens (including phenoxy) is 2. The Morgan fingerprint density at radius 1 is 0.852 bits per heavy atom. The van der Waals surface area contributed by atoms with E-state index in [0.29, 0.717) is 6.42 Å². The van der Waals surface area contributed by atoms with E-state index in [1.165, 1.54) is 0 Å². The number of carbonyl (C=O) groups excluding carboxylic acids is 2. The van der Waals surface area contributed by atoms with Crippen LogP contribution < -0.4 is 0 Å². The average molecular weight is 365 g/mol. The third kappa shape index (κ3) is 3.82. The van der Waals surface area contributed by atoms with Gasteiger partial charge in [-0.15, -0.1) is 0 Å². The number of hydrogen-bond acceptors (Lipinski definition) is 4. The summed E-state index contributed by atoms with van der Waals surface area (Å²) < 4.78 is 11.0. The standard InChI is InChI=1S/C22H23NO4/c24-21(26-14-16-7-3-1-4-8-16)19-13-18-11-12-20(19)23(18)22(25)27-15-17-9-5-2-6-10-17/h1-10,18-20H,11-15H2. The van der Waals surface area contributed by atoms with Crippen LogP contribution in [-0.2, 0) is 27.5 Å². The van der Waals surface area contributed by atoms with Crippen LogP contribution in [0.25, 0.3) is 0 Å². The molecule has 2 aromatic carbocycles. The molecule has 3 atom stereocenters. The van der Waals surface area contributed by atoms with Gasteiger partial charge in [0.25, 0.3) is 0 Å². The van der Waals surface area contributed by atoms with Crippen molar-refractivity contribution < 1.29 is 19.1 Å². The number of fused-ring (bicyclic) bond motifs is 2. The first-order chi connectivity index (χ1) is 13.2. The number of benzene rings is 2. The SMILES string of the molecule is O=C(OCc1ccccc1)C1CC2CCC1N2C(=O)OCc1ccccc1. The van der Waals surface area contributed by atoms with Gasteiger partial charge in [0, 0.05) is 12.1 Å². The summed E-state index contributed by atoms with van der Waals surface area (Å²) in [5.41, 5.74) is 1.92. The molecule has 2 aliphatic heterocycles. The average Bonchev–Trinajstić information content (AvgIpc) is 3.30. The Bertz CT molecular complexity index is 792. The first kappa shape index (κ1) is 17.6. The fourth-order valence-electron chi connectivity index (χ4n) is 4.16. The van der Waals surface area contributed by atoms with Gasteiger partial charge in [-0.1, -0.05) is 60.7 Å². The number of rotatable bonds is 5. The number of carbonyl (C=O) groups is 2. The zero-order valence-corrected chi connectivity index (χ0v) is 15.1. The molecule has 0 N–H and O–H groups in total. The summed E-state index contributed by atoms with van der Waals surface area (Å²) >= 11 is 0. The zero-order valence-electron chi connectivity index (χ0n) is 15.1. The molecule has 2 aromatic rings. The molecule has 27 heavy (non-hydrogen) atoms. The quantitative estimate of drug-likeness (QED) is 0.754. The van der Waals surface area contributed by atoms with Gasteiger partial charge < -0.3 is 14.4 Å².